The molecule has 1 unspecified atom stereocenters. The lowest BCUT2D eigenvalue weighted by atomic mass is 10.0. The molecule has 2 aliphatic heterocycles. The molecule has 6 heteroatoms. The summed E-state index contributed by atoms with van der Waals surface area (Å²) in [6.07, 6.45) is 3.09. The van der Waals surface area contributed by atoms with Crippen LogP contribution in [0.15, 0.2) is 23.3 Å². The van der Waals surface area contributed by atoms with Gasteiger partial charge in [-0.15, -0.1) is 0 Å². The zero-order valence-corrected chi connectivity index (χ0v) is 11.6. The summed E-state index contributed by atoms with van der Waals surface area (Å²) >= 11 is 0. The number of allylic oxidation sites excluding steroid dienone is 2. The van der Waals surface area contributed by atoms with Crippen molar-refractivity contribution in [2.75, 3.05) is 0 Å². The molecule has 2 fully saturated rings. The Bertz CT molecular complexity index is 572. The fraction of sp³-hybridized carbons (Fsp3) is 0.429. The Balaban J connectivity index is 2.42. The van der Waals surface area contributed by atoms with Crippen LogP contribution in [-0.2, 0) is 19.2 Å². The number of likely N-dealkylation sites (tertiary alicyclic amines) is 1. The molecule has 2 saturated heterocycles. The smallest absolute Gasteiger partial charge is 0.261 e. The first kappa shape index (κ1) is 14.2. The Morgan fingerprint density at radius 2 is 1.75 bits per heavy atom. The minimum Gasteiger partial charge on any atom is -0.295 e. The summed E-state index contributed by atoms with van der Waals surface area (Å²) in [5.41, 5.74) is 0.593. The van der Waals surface area contributed by atoms with Crippen molar-refractivity contribution in [2.24, 2.45) is 5.92 Å². The van der Waals surface area contributed by atoms with E-state index in [9.17, 15) is 19.2 Å². The second-order valence-electron chi connectivity index (χ2n) is 5.14. The normalized spacial score (nSPS) is 27.4. The zero-order chi connectivity index (χ0) is 15.0. The average molecular weight is 276 g/mol. The maximum atomic E-state index is 12.4. The first-order valence-corrected chi connectivity index (χ1v) is 6.47. The topological polar surface area (TPSA) is 83.6 Å². The number of imide groups is 2. The van der Waals surface area contributed by atoms with Crippen molar-refractivity contribution in [1.29, 1.82) is 0 Å². The lowest BCUT2D eigenvalue weighted by Crippen LogP contribution is -2.44. The third-order valence-corrected chi connectivity index (χ3v) is 3.23. The number of nitrogens with one attached hydrogen (secondary N) is 1. The predicted molar refractivity (Wildman–Crippen MR) is 70.1 cm³/mol. The van der Waals surface area contributed by atoms with Crippen LogP contribution in [-0.4, -0.2) is 34.6 Å². The quantitative estimate of drug-likeness (QED) is 0.581. The first-order chi connectivity index (χ1) is 9.36. The van der Waals surface area contributed by atoms with Gasteiger partial charge in [0.2, 0.25) is 11.8 Å². The van der Waals surface area contributed by atoms with Crippen LogP contribution >= 0.6 is 0 Å². The third-order valence-electron chi connectivity index (χ3n) is 3.23. The average Bonchev–Trinajstić information content (AvgIpc) is 2.77. The van der Waals surface area contributed by atoms with Crippen molar-refractivity contribution < 1.29 is 19.2 Å². The SMILES string of the molecule is C/C=C1/C(=O)N(C2CC(=O)NC2=O)C(=O)/C1=C/C(C)C. The van der Waals surface area contributed by atoms with E-state index in [0.717, 1.165) is 4.90 Å². The lowest BCUT2D eigenvalue weighted by Gasteiger charge is -2.17. The predicted octanol–water partition coefficient (Wildman–Crippen LogP) is 0.299. The molecule has 106 valence electrons. The molecule has 20 heavy (non-hydrogen) atoms. The van der Waals surface area contributed by atoms with Gasteiger partial charge in [-0.25, -0.2) is 0 Å². The molecule has 2 rings (SSSR count). The molecule has 0 aromatic carbocycles. The third kappa shape index (κ3) is 2.17. The fourth-order valence-corrected chi connectivity index (χ4v) is 2.39. The molecule has 6 nitrogen and oxygen atoms in total. The summed E-state index contributed by atoms with van der Waals surface area (Å²) in [6.45, 7) is 5.46. The minimum absolute atomic E-state index is 0.0932. The number of rotatable bonds is 2. The molecule has 2 aliphatic rings. The monoisotopic (exact) mass is 276 g/mol. The number of carbonyl (C=O) groups excluding carboxylic acids is 4. The van der Waals surface area contributed by atoms with Gasteiger partial charge in [-0.2, -0.15) is 0 Å². The van der Waals surface area contributed by atoms with Crippen molar-refractivity contribution in [3.8, 4) is 0 Å². The van der Waals surface area contributed by atoms with Crippen LogP contribution in [0, 0.1) is 5.92 Å². The summed E-state index contributed by atoms with van der Waals surface area (Å²) in [5.74, 6) is -2.00. The number of amides is 4. The van der Waals surface area contributed by atoms with E-state index in [4.69, 9.17) is 0 Å². The molecule has 0 saturated carbocycles. The van der Waals surface area contributed by atoms with Crippen LogP contribution in [0.5, 0.6) is 0 Å². The molecule has 0 aromatic heterocycles. The van der Waals surface area contributed by atoms with E-state index in [1.54, 1.807) is 19.1 Å². The highest BCUT2D eigenvalue weighted by molar-refractivity contribution is 6.26. The number of nitrogens with zero attached hydrogens (tertiary/aromatic N) is 1. The summed E-state index contributed by atoms with van der Waals surface area (Å²) in [6, 6.07) is -1.03. The fourth-order valence-electron chi connectivity index (χ4n) is 2.39. The van der Waals surface area contributed by atoms with Gasteiger partial charge in [0.1, 0.15) is 6.04 Å². The van der Waals surface area contributed by atoms with E-state index in [-0.39, 0.29) is 17.9 Å². The molecule has 1 atom stereocenters. The van der Waals surface area contributed by atoms with Crippen LogP contribution in [0.4, 0.5) is 0 Å². The number of carbonyl (C=O) groups is 4. The molecule has 4 amide bonds. The van der Waals surface area contributed by atoms with Gasteiger partial charge in [0.25, 0.3) is 11.8 Å². The summed E-state index contributed by atoms with van der Waals surface area (Å²) in [5, 5.41) is 2.11. The van der Waals surface area contributed by atoms with Gasteiger partial charge in [-0.1, -0.05) is 26.0 Å². The Morgan fingerprint density at radius 1 is 1.15 bits per heavy atom. The molecular formula is C14H16N2O4. The molecule has 0 aromatic rings. The highest BCUT2D eigenvalue weighted by Crippen LogP contribution is 2.29. The largest absolute Gasteiger partial charge is 0.295 e. The molecule has 0 bridgehead atoms. The van der Waals surface area contributed by atoms with Crippen molar-refractivity contribution in [2.45, 2.75) is 33.2 Å². The molecule has 2 heterocycles. The van der Waals surface area contributed by atoms with Crippen LogP contribution in [0.1, 0.15) is 27.2 Å². The van der Waals surface area contributed by atoms with Gasteiger partial charge in [0, 0.05) is 11.1 Å². The Kier molecular flexibility index (Phi) is 3.57. The van der Waals surface area contributed by atoms with Gasteiger partial charge in [0.15, 0.2) is 0 Å². The van der Waals surface area contributed by atoms with Gasteiger partial charge in [-0.3, -0.25) is 29.4 Å². The van der Waals surface area contributed by atoms with Crippen LogP contribution in [0.2, 0.25) is 0 Å². The van der Waals surface area contributed by atoms with Gasteiger partial charge in [-0.05, 0) is 12.8 Å². The van der Waals surface area contributed by atoms with E-state index in [1.807, 2.05) is 13.8 Å². The van der Waals surface area contributed by atoms with Crippen molar-refractivity contribution in [3.63, 3.8) is 0 Å². The van der Waals surface area contributed by atoms with E-state index in [1.165, 1.54) is 0 Å². The maximum absolute atomic E-state index is 12.4. The first-order valence-electron chi connectivity index (χ1n) is 6.47. The summed E-state index contributed by atoms with van der Waals surface area (Å²) in [7, 11) is 0. The van der Waals surface area contributed by atoms with Crippen LogP contribution in [0.25, 0.3) is 0 Å². The second kappa shape index (κ2) is 5.03. The Morgan fingerprint density at radius 3 is 2.20 bits per heavy atom. The Labute approximate surface area is 116 Å². The van der Waals surface area contributed by atoms with E-state index in [2.05, 4.69) is 5.32 Å². The summed E-state index contributed by atoms with van der Waals surface area (Å²) in [4.78, 5) is 48.4. The molecule has 1 N–H and O–H groups in total. The Hall–Kier alpha value is -2.24. The highest BCUT2D eigenvalue weighted by atomic mass is 16.2. The van der Waals surface area contributed by atoms with Gasteiger partial charge in [0.05, 0.1) is 6.42 Å². The van der Waals surface area contributed by atoms with Crippen molar-refractivity contribution in [3.05, 3.63) is 23.3 Å². The van der Waals surface area contributed by atoms with Gasteiger partial charge >= 0.3 is 0 Å². The minimum atomic E-state index is -1.03. The van der Waals surface area contributed by atoms with Crippen LogP contribution < -0.4 is 5.32 Å². The number of hydrogen-bond donors (Lipinski definition) is 1. The molecular weight excluding hydrogens is 260 g/mol. The van der Waals surface area contributed by atoms with Crippen molar-refractivity contribution >= 4 is 23.6 Å². The van der Waals surface area contributed by atoms with E-state index in [0.29, 0.717) is 5.57 Å². The maximum Gasteiger partial charge on any atom is 0.261 e. The molecule has 0 aliphatic carbocycles. The summed E-state index contributed by atoms with van der Waals surface area (Å²) < 4.78 is 0. The van der Waals surface area contributed by atoms with Gasteiger partial charge < -0.3 is 0 Å². The second-order valence-corrected chi connectivity index (χ2v) is 5.14. The zero-order valence-electron chi connectivity index (χ0n) is 11.6. The van der Waals surface area contributed by atoms with E-state index >= 15 is 0 Å². The van der Waals surface area contributed by atoms with Crippen LogP contribution in [0.3, 0.4) is 0 Å². The van der Waals surface area contributed by atoms with Crippen molar-refractivity contribution in [1.82, 2.24) is 10.2 Å². The standard InChI is InChI=1S/C14H16N2O4/c1-4-8-9(5-7(2)3)14(20)16(13(8)19)10-6-11(17)15-12(10)18/h4-5,7,10H,6H2,1-3H3,(H,15,17,18)/b8-4+,9-5+. The number of hydrogen-bond acceptors (Lipinski definition) is 4. The lowest BCUT2D eigenvalue weighted by molar-refractivity contribution is -0.143. The van der Waals surface area contributed by atoms with E-state index < -0.39 is 29.7 Å². The molecule has 0 spiro atoms. The molecule has 0 radical (unpaired) electrons. The highest BCUT2D eigenvalue weighted by Gasteiger charge is 2.47.